The average molecular weight is 305 g/mol. The van der Waals surface area contributed by atoms with Gasteiger partial charge in [0, 0.05) is 4.88 Å². The van der Waals surface area contributed by atoms with Crippen LogP contribution in [0.1, 0.15) is 4.88 Å². The van der Waals surface area contributed by atoms with Crippen LogP contribution in [0.15, 0.2) is 34.1 Å². The van der Waals surface area contributed by atoms with Crippen molar-refractivity contribution in [1.29, 1.82) is 0 Å². The van der Waals surface area contributed by atoms with E-state index >= 15 is 0 Å². The number of hydrogen-bond donors (Lipinski definition) is 0. The fourth-order valence-corrected chi connectivity index (χ4v) is 2.59. The third-order valence-electron chi connectivity index (χ3n) is 1.91. The van der Waals surface area contributed by atoms with E-state index in [9.17, 15) is 8.78 Å². The fourth-order valence-electron chi connectivity index (χ4n) is 1.19. The van der Waals surface area contributed by atoms with Crippen LogP contribution in [0.3, 0.4) is 0 Å². The van der Waals surface area contributed by atoms with Crippen LogP contribution in [0.2, 0.25) is 0 Å². The number of ether oxygens (including phenoxy) is 1. The van der Waals surface area contributed by atoms with Crippen molar-refractivity contribution in [3.63, 3.8) is 0 Å². The van der Waals surface area contributed by atoms with Crippen LogP contribution in [0.25, 0.3) is 0 Å². The Balaban J connectivity index is 2.10. The van der Waals surface area contributed by atoms with Gasteiger partial charge in [-0.1, -0.05) is 6.07 Å². The third kappa shape index (κ3) is 2.59. The molecule has 0 aliphatic heterocycles. The van der Waals surface area contributed by atoms with Crippen LogP contribution in [-0.2, 0) is 6.61 Å². The first-order valence-corrected chi connectivity index (χ1v) is 6.09. The van der Waals surface area contributed by atoms with Gasteiger partial charge in [0.1, 0.15) is 6.61 Å². The van der Waals surface area contributed by atoms with E-state index in [-0.39, 0.29) is 12.4 Å². The minimum atomic E-state index is -0.685. The summed E-state index contributed by atoms with van der Waals surface area (Å²) in [5, 5.41) is 0. The van der Waals surface area contributed by atoms with Crippen LogP contribution < -0.4 is 4.74 Å². The monoisotopic (exact) mass is 304 g/mol. The van der Waals surface area contributed by atoms with Crippen molar-refractivity contribution in [3.05, 3.63) is 50.6 Å². The summed E-state index contributed by atoms with van der Waals surface area (Å²) in [7, 11) is 0. The average Bonchev–Trinajstić information content (AvgIpc) is 2.63. The molecular formula is C11H7BrF2OS. The highest BCUT2D eigenvalue weighted by Gasteiger charge is 2.10. The number of halogens is 3. The van der Waals surface area contributed by atoms with Crippen molar-refractivity contribution in [1.82, 2.24) is 0 Å². The molecule has 1 aromatic heterocycles. The van der Waals surface area contributed by atoms with Crippen molar-refractivity contribution in [2.45, 2.75) is 6.61 Å². The molecular weight excluding hydrogens is 298 g/mol. The first kappa shape index (κ1) is 11.5. The zero-order valence-electron chi connectivity index (χ0n) is 8.04. The highest BCUT2D eigenvalue weighted by Crippen LogP contribution is 2.26. The zero-order chi connectivity index (χ0) is 11.5. The minimum absolute atomic E-state index is 0.161. The van der Waals surface area contributed by atoms with E-state index < -0.39 is 11.6 Å². The molecule has 0 saturated carbocycles. The van der Waals surface area contributed by atoms with Gasteiger partial charge in [-0.15, -0.1) is 11.3 Å². The SMILES string of the molecule is Fc1cccc(F)c1OCc1ccc(Br)s1. The molecule has 0 radical (unpaired) electrons. The normalized spacial score (nSPS) is 10.4. The zero-order valence-corrected chi connectivity index (χ0v) is 10.4. The Hall–Kier alpha value is -0.940. The highest BCUT2D eigenvalue weighted by molar-refractivity contribution is 9.11. The number of para-hydroxylation sites is 1. The minimum Gasteiger partial charge on any atom is -0.482 e. The van der Waals surface area contributed by atoms with E-state index in [1.807, 2.05) is 12.1 Å². The maximum atomic E-state index is 13.2. The van der Waals surface area contributed by atoms with Gasteiger partial charge in [0.15, 0.2) is 17.4 Å². The number of hydrogen-bond acceptors (Lipinski definition) is 2. The molecule has 1 aromatic carbocycles. The Bertz CT molecular complexity index is 478. The molecule has 2 rings (SSSR count). The lowest BCUT2D eigenvalue weighted by molar-refractivity contribution is 0.277. The van der Waals surface area contributed by atoms with Gasteiger partial charge in [-0.05, 0) is 40.2 Å². The van der Waals surface area contributed by atoms with E-state index in [1.54, 1.807) is 0 Å². The van der Waals surface area contributed by atoms with Crippen molar-refractivity contribution in [3.8, 4) is 5.75 Å². The van der Waals surface area contributed by atoms with Crippen LogP contribution in [0.5, 0.6) is 5.75 Å². The Morgan fingerprint density at radius 3 is 2.38 bits per heavy atom. The second kappa shape index (κ2) is 4.93. The molecule has 0 spiro atoms. The highest BCUT2D eigenvalue weighted by atomic mass is 79.9. The van der Waals surface area contributed by atoms with Crippen LogP contribution in [0.4, 0.5) is 8.78 Å². The second-order valence-corrected chi connectivity index (χ2v) is 5.59. The molecule has 0 N–H and O–H groups in total. The van der Waals surface area contributed by atoms with Gasteiger partial charge in [0.05, 0.1) is 3.79 Å². The molecule has 1 nitrogen and oxygen atoms in total. The predicted octanol–water partition coefficient (Wildman–Crippen LogP) is 4.37. The maximum Gasteiger partial charge on any atom is 0.191 e. The Kier molecular flexibility index (Phi) is 3.56. The van der Waals surface area contributed by atoms with E-state index in [4.69, 9.17) is 4.74 Å². The maximum absolute atomic E-state index is 13.2. The number of rotatable bonds is 3. The van der Waals surface area contributed by atoms with Crippen molar-refractivity contribution >= 4 is 27.3 Å². The summed E-state index contributed by atoms with van der Waals surface area (Å²) in [4.78, 5) is 0.898. The smallest absolute Gasteiger partial charge is 0.191 e. The Morgan fingerprint density at radius 1 is 1.12 bits per heavy atom. The van der Waals surface area contributed by atoms with Gasteiger partial charge >= 0.3 is 0 Å². The lowest BCUT2D eigenvalue weighted by Crippen LogP contribution is -1.97. The largest absolute Gasteiger partial charge is 0.482 e. The Labute approximate surface area is 104 Å². The van der Waals surface area contributed by atoms with Gasteiger partial charge in [-0.3, -0.25) is 0 Å². The molecule has 1 heterocycles. The van der Waals surface area contributed by atoms with Crippen molar-refractivity contribution in [2.75, 3.05) is 0 Å². The molecule has 5 heteroatoms. The molecule has 84 valence electrons. The summed E-state index contributed by atoms with van der Waals surface area (Å²) in [6.07, 6.45) is 0. The van der Waals surface area contributed by atoms with E-state index in [1.165, 1.54) is 29.5 Å². The van der Waals surface area contributed by atoms with E-state index in [0.717, 1.165) is 8.66 Å². The lowest BCUT2D eigenvalue weighted by atomic mass is 10.3. The number of thiophene rings is 1. The summed E-state index contributed by atoms with van der Waals surface area (Å²) in [6.45, 7) is 0.161. The summed E-state index contributed by atoms with van der Waals surface area (Å²) < 4.78 is 32.4. The van der Waals surface area contributed by atoms with Gasteiger partial charge in [0.25, 0.3) is 0 Å². The molecule has 2 aromatic rings. The van der Waals surface area contributed by atoms with Gasteiger partial charge in [-0.25, -0.2) is 8.78 Å². The van der Waals surface area contributed by atoms with Gasteiger partial charge in [0.2, 0.25) is 0 Å². The third-order valence-corrected chi connectivity index (χ3v) is 3.50. The predicted molar refractivity (Wildman–Crippen MR) is 62.7 cm³/mol. The molecule has 0 saturated heterocycles. The summed E-state index contributed by atoms with van der Waals surface area (Å²) >= 11 is 4.77. The molecule has 0 aliphatic rings. The lowest BCUT2D eigenvalue weighted by Gasteiger charge is -2.06. The quantitative estimate of drug-likeness (QED) is 0.818. The molecule has 16 heavy (non-hydrogen) atoms. The topological polar surface area (TPSA) is 9.23 Å². The van der Waals surface area contributed by atoms with E-state index in [0.29, 0.717) is 0 Å². The van der Waals surface area contributed by atoms with E-state index in [2.05, 4.69) is 15.9 Å². The Morgan fingerprint density at radius 2 is 1.81 bits per heavy atom. The summed E-state index contributed by atoms with van der Waals surface area (Å²) in [6, 6.07) is 7.35. The second-order valence-electron chi connectivity index (χ2n) is 3.05. The molecule has 0 atom stereocenters. The molecule has 0 fully saturated rings. The fraction of sp³-hybridized carbons (Fsp3) is 0.0909. The van der Waals surface area contributed by atoms with Crippen molar-refractivity contribution < 1.29 is 13.5 Å². The van der Waals surface area contributed by atoms with Crippen LogP contribution in [0, 0.1) is 11.6 Å². The standard InChI is InChI=1S/C11H7BrF2OS/c12-10-5-4-7(16-10)6-15-11-8(13)2-1-3-9(11)14/h1-5H,6H2. The molecule has 0 amide bonds. The molecule has 0 bridgehead atoms. The summed E-state index contributed by atoms with van der Waals surface area (Å²) in [5.74, 6) is -1.70. The van der Waals surface area contributed by atoms with Gasteiger partial charge < -0.3 is 4.74 Å². The molecule has 0 aliphatic carbocycles. The van der Waals surface area contributed by atoms with Crippen molar-refractivity contribution in [2.24, 2.45) is 0 Å². The first-order valence-electron chi connectivity index (χ1n) is 4.48. The number of benzene rings is 1. The van der Waals surface area contributed by atoms with Crippen LogP contribution >= 0.6 is 27.3 Å². The first-order chi connectivity index (χ1) is 7.66. The van der Waals surface area contributed by atoms with Crippen LogP contribution in [-0.4, -0.2) is 0 Å². The summed E-state index contributed by atoms with van der Waals surface area (Å²) in [5.41, 5.74) is 0. The molecule has 0 unspecified atom stereocenters. The van der Waals surface area contributed by atoms with Gasteiger partial charge in [-0.2, -0.15) is 0 Å².